The van der Waals surface area contributed by atoms with Gasteiger partial charge < -0.3 is 11.1 Å². The molecular formula is C21H21N9S. The van der Waals surface area contributed by atoms with Gasteiger partial charge in [-0.1, -0.05) is 36.0 Å². The van der Waals surface area contributed by atoms with Crippen molar-refractivity contribution in [2.75, 3.05) is 11.1 Å². The van der Waals surface area contributed by atoms with E-state index >= 15 is 0 Å². The second-order valence-corrected chi connectivity index (χ2v) is 7.88. The molecule has 0 aliphatic carbocycles. The fourth-order valence-corrected chi connectivity index (χ4v) is 3.80. The summed E-state index contributed by atoms with van der Waals surface area (Å²) in [4.78, 5) is 17.1. The molecule has 0 aliphatic rings. The molecule has 0 amide bonds. The summed E-state index contributed by atoms with van der Waals surface area (Å²) in [5.41, 5.74) is 7.74. The fourth-order valence-electron chi connectivity index (χ4n) is 2.89. The Balaban J connectivity index is 1.59. The fraction of sp³-hybridized carbons (Fsp3) is 0.143. The Bertz CT molecular complexity index is 1160. The van der Waals surface area contributed by atoms with Crippen LogP contribution in [0.5, 0.6) is 0 Å². The van der Waals surface area contributed by atoms with Gasteiger partial charge in [-0.05, 0) is 31.2 Å². The first-order valence-electron chi connectivity index (χ1n) is 9.58. The third kappa shape index (κ3) is 4.86. The maximum atomic E-state index is 5.94. The molecule has 156 valence electrons. The van der Waals surface area contributed by atoms with Crippen molar-refractivity contribution >= 4 is 29.3 Å². The smallest absolute Gasteiger partial charge is 0.232 e. The summed E-state index contributed by atoms with van der Waals surface area (Å²) in [6, 6.07) is 13.5. The zero-order valence-corrected chi connectivity index (χ0v) is 17.7. The monoisotopic (exact) mass is 431 g/mol. The van der Waals surface area contributed by atoms with Crippen molar-refractivity contribution in [3.05, 3.63) is 73.3 Å². The summed E-state index contributed by atoms with van der Waals surface area (Å²) in [5, 5.41) is 12.5. The number of nitrogen functional groups attached to an aromatic ring is 1. The number of nitrogens with two attached hydrogens (primary N) is 1. The lowest BCUT2D eigenvalue weighted by Gasteiger charge is -2.13. The van der Waals surface area contributed by atoms with E-state index in [1.807, 2.05) is 60.0 Å². The van der Waals surface area contributed by atoms with Gasteiger partial charge in [0.05, 0.1) is 5.25 Å². The van der Waals surface area contributed by atoms with Crippen molar-refractivity contribution in [1.29, 1.82) is 0 Å². The topological polar surface area (TPSA) is 120 Å². The van der Waals surface area contributed by atoms with E-state index in [0.717, 1.165) is 22.2 Å². The number of rotatable bonds is 8. The standard InChI is InChI=1S/C21H21N9S/c1-3-13-30-18(15-9-11-23-12-10-15)28-29-21(30)31-14(2)17-25-19(22)27-20(26-17)24-16-7-5-4-6-8-16/h3-12,14H,1,13H2,2H3,(H3,22,24,25,26,27). The second kappa shape index (κ2) is 9.35. The molecular weight excluding hydrogens is 410 g/mol. The highest BCUT2D eigenvalue weighted by molar-refractivity contribution is 7.99. The van der Waals surface area contributed by atoms with Crippen LogP contribution in [0.3, 0.4) is 0 Å². The molecule has 0 aliphatic heterocycles. The van der Waals surface area contributed by atoms with Gasteiger partial charge in [-0.15, -0.1) is 16.8 Å². The van der Waals surface area contributed by atoms with Crippen LogP contribution in [0.2, 0.25) is 0 Å². The highest BCUT2D eigenvalue weighted by Crippen LogP contribution is 2.34. The number of allylic oxidation sites excluding steroid dienone is 1. The van der Waals surface area contributed by atoms with E-state index in [0.29, 0.717) is 18.3 Å². The molecule has 3 heterocycles. The number of anilines is 3. The Morgan fingerprint density at radius 3 is 2.61 bits per heavy atom. The van der Waals surface area contributed by atoms with Gasteiger partial charge in [0.1, 0.15) is 5.82 Å². The molecule has 1 unspecified atom stereocenters. The molecule has 0 fully saturated rings. The SMILES string of the molecule is C=CCn1c(SC(C)c2nc(N)nc(Nc3ccccc3)n2)nnc1-c1ccncc1. The largest absolute Gasteiger partial charge is 0.368 e. The maximum absolute atomic E-state index is 5.94. The Morgan fingerprint density at radius 2 is 1.87 bits per heavy atom. The Labute approximate surface area is 183 Å². The van der Waals surface area contributed by atoms with Crippen LogP contribution >= 0.6 is 11.8 Å². The van der Waals surface area contributed by atoms with Crippen molar-refractivity contribution in [3.8, 4) is 11.4 Å². The maximum Gasteiger partial charge on any atom is 0.232 e. The molecule has 10 heteroatoms. The van der Waals surface area contributed by atoms with Crippen molar-refractivity contribution in [1.82, 2.24) is 34.7 Å². The molecule has 0 radical (unpaired) electrons. The Kier molecular flexibility index (Phi) is 6.18. The van der Waals surface area contributed by atoms with Gasteiger partial charge in [0, 0.05) is 30.2 Å². The number of para-hydroxylation sites is 1. The lowest BCUT2D eigenvalue weighted by Crippen LogP contribution is -2.09. The minimum Gasteiger partial charge on any atom is -0.368 e. The number of nitrogens with one attached hydrogen (secondary N) is 1. The van der Waals surface area contributed by atoms with E-state index in [1.54, 1.807) is 12.4 Å². The number of hydrogen-bond donors (Lipinski definition) is 2. The summed E-state index contributed by atoms with van der Waals surface area (Å²) >= 11 is 1.49. The number of thioether (sulfide) groups is 1. The summed E-state index contributed by atoms with van der Waals surface area (Å²) in [6.45, 7) is 6.42. The lowest BCUT2D eigenvalue weighted by atomic mass is 10.2. The summed E-state index contributed by atoms with van der Waals surface area (Å²) in [5.74, 6) is 1.85. The van der Waals surface area contributed by atoms with Crippen LogP contribution in [0.1, 0.15) is 18.0 Å². The summed E-state index contributed by atoms with van der Waals surface area (Å²) in [7, 11) is 0. The van der Waals surface area contributed by atoms with Crippen LogP contribution in [0.15, 0.2) is 72.7 Å². The molecule has 3 N–H and O–H groups in total. The summed E-state index contributed by atoms with van der Waals surface area (Å²) < 4.78 is 2.00. The Hall–Kier alpha value is -3.79. The molecule has 1 aromatic carbocycles. The van der Waals surface area contributed by atoms with Crippen LogP contribution in [-0.4, -0.2) is 34.7 Å². The van der Waals surface area contributed by atoms with E-state index in [-0.39, 0.29) is 11.2 Å². The van der Waals surface area contributed by atoms with E-state index in [1.165, 1.54) is 11.8 Å². The first kappa shape index (κ1) is 20.5. The van der Waals surface area contributed by atoms with Crippen LogP contribution < -0.4 is 11.1 Å². The van der Waals surface area contributed by atoms with E-state index in [2.05, 4.69) is 42.0 Å². The van der Waals surface area contributed by atoms with Crippen LogP contribution in [0.4, 0.5) is 17.6 Å². The molecule has 1 atom stereocenters. The minimum atomic E-state index is -0.139. The average Bonchev–Trinajstić information content (AvgIpc) is 3.17. The predicted molar refractivity (Wildman–Crippen MR) is 122 cm³/mol. The van der Waals surface area contributed by atoms with Crippen LogP contribution in [-0.2, 0) is 6.54 Å². The average molecular weight is 432 g/mol. The zero-order valence-electron chi connectivity index (χ0n) is 16.9. The van der Waals surface area contributed by atoms with Crippen molar-refractivity contribution in [3.63, 3.8) is 0 Å². The number of benzene rings is 1. The highest BCUT2D eigenvalue weighted by Gasteiger charge is 2.20. The number of aromatic nitrogens is 7. The molecule has 9 nitrogen and oxygen atoms in total. The predicted octanol–water partition coefficient (Wildman–Crippen LogP) is 3.89. The zero-order chi connectivity index (χ0) is 21.6. The first-order valence-corrected chi connectivity index (χ1v) is 10.5. The van der Waals surface area contributed by atoms with Crippen LogP contribution in [0, 0.1) is 0 Å². The van der Waals surface area contributed by atoms with Crippen LogP contribution in [0.25, 0.3) is 11.4 Å². The molecule has 0 saturated heterocycles. The molecule has 31 heavy (non-hydrogen) atoms. The van der Waals surface area contributed by atoms with Gasteiger partial charge in [0.25, 0.3) is 0 Å². The number of hydrogen-bond acceptors (Lipinski definition) is 9. The van der Waals surface area contributed by atoms with Crippen molar-refractivity contribution in [2.45, 2.75) is 23.9 Å². The molecule has 0 bridgehead atoms. The molecule has 0 spiro atoms. The molecule has 4 aromatic rings. The van der Waals surface area contributed by atoms with Gasteiger partial charge in [0.15, 0.2) is 11.0 Å². The summed E-state index contributed by atoms with van der Waals surface area (Å²) in [6.07, 6.45) is 5.27. The van der Waals surface area contributed by atoms with Gasteiger partial charge >= 0.3 is 0 Å². The van der Waals surface area contributed by atoms with Crippen molar-refractivity contribution < 1.29 is 0 Å². The number of pyridine rings is 1. The van der Waals surface area contributed by atoms with Gasteiger partial charge in [0.2, 0.25) is 11.9 Å². The van der Waals surface area contributed by atoms with E-state index < -0.39 is 0 Å². The van der Waals surface area contributed by atoms with Gasteiger partial charge in [-0.2, -0.15) is 15.0 Å². The van der Waals surface area contributed by atoms with Gasteiger partial charge in [-0.3, -0.25) is 9.55 Å². The highest BCUT2D eigenvalue weighted by atomic mass is 32.2. The van der Waals surface area contributed by atoms with Gasteiger partial charge in [-0.25, -0.2) is 0 Å². The Morgan fingerprint density at radius 1 is 1.10 bits per heavy atom. The second-order valence-electron chi connectivity index (χ2n) is 6.57. The third-order valence-corrected chi connectivity index (χ3v) is 5.39. The lowest BCUT2D eigenvalue weighted by molar-refractivity contribution is 0.727. The number of nitrogens with zero attached hydrogens (tertiary/aromatic N) is 7. The third-order valence-electron chi connectivity index (χ3n) is 4.31. The quantitative estimate of drug-likeness (QED) is 0.316. The molecule has 0 saturated carbocycles. The van der Waals surface area contributed by atoms with Crippen molar-refractivity contribution in [2.24, 2.45) is 0 Å². The molecule has 3 aromatic heterocycles. The first-order chi connectivity index (χ1) is 15.1. The van der Waals surface area contributed by atoms with E-state index in [4.69, 9.17) is 5.73 Å². The minimum absolute atomic E-state index is 0.139. The molecule has 4 rings (SSSR count). The van der Waals surface area contributed by atoms with E-state index in [9.17, 15) is 0 Å². The normalized spacial score (nSPS) is 11.8.